The standard InChI is InChI=1S/C13H12N4S/c1-8-2-12(14)17-11-4-9(5-15-13(8)11)3-10-6-18-7-16-10/h2,4-7H,3H2,1H3,(H2,14,17). The van der Waals surface area contributed by atoms with Crippen molar-refractivity contribution in [3.8, 4) is 0 Å². The molecule has 0 fully saturated rings. The lowest BCUT2D eigenvalue weighted by atomic mass is 10.1. The van der Waals surface area contributed by atoms with Crippen LogP contribution < -0.4 is 5.73 Å². The Balaban J connectivity index is 2.05. The fourth-order valence-corrected chi connectivity index (χ4v) is 2.53. The first-order valence-electron chi connectivity index (χ1n) is 5.61. The molecule has 3 aromatic rings. The number of aromatic nitrogens is 3. The Labute approximate surface area is 109 Å². The summed E-state index contributed by atoms with van der Waals surface area (Å²) in [7, 11) is 0. The second kappa shape index (κ2) is 4.34. The molecule has 0 aromatic carbocycles. The average molecular weight is 256 g/mol. The minimum atomic E-state index is 0.535. The molecule has 0 spiro atoms. The largest absolute Gasteiger partial charge is 0.384 e. The zero-order valence-corrected chi connectivity index (χ0v) is 10.7. The fourth-order valence-electron chi connectivity index (χ4n) is 1.98. The van der Waals surface area contributed by atoms with Gasteiger partial charge in [-0.2, -0.15) is 0 Å². The number of fused-ring (bicyclic) bond motifs is 1. The van der Waals surface area contributed by atoms with Gasteiger partial charge < -0.3 is 5.73 Å². The fraction of sp³-hybridized carbons (Fsp3) is 0.154. The topological polar surface area (TPSA) is 64.7 Å². The van der Waals surface area contributed by atoms with Crippen LogP contribution in [0.4, 0.5) is 5.82 Å². The third-order valence-corrected chi connectivity index (χ3v) is 3.42. The van der Waals surface area contributed by atoms with E-state index in [1.807, 2.05) is 36.1 Å². The Morgan fingerprint density at radius 2 is 2.17 bits per heavy atom. The van der Waals surface area contributed by atoms with Crippen LogP contribution in [0.15, 0.2) is 29.2 Å². The van der Waals surface area contributed by atoms with Gasteiger partial charge in [0.25, 0.3) is 0 Å². The first-order chi connectivity index (χ1) is 8.72. The molecule has 5 heteroatoms. The molecule has 0 unspecified atom stereocenters. The number of pyridine rings is 2. The van der Waals surface area contributed by atoms with Crippen molar-refractivity contribution in [3.63, 3.8) is 0 Å². The highest BCUT2D eigenvalue weighted by atomic mass is 32.1. The van der Waals surface area contributed by atoms with Gasteiger partial charge in [0.2, 0.25) is 0 Å². The molecule has 4 nitrogen and oxygen atoms in total. The van der Waals surface area contributed by atoms with Crippen LogP contribution in [0.2, 0.25) is 0 Å². The molecule has 3 rings (SSSR count). The summed E-state index contributed by atoms with van der Waals surface area (Å²) in [6, 6.07) is 3.88. The number of nitrogen functional groups attached to an aromatic ring is 1. The van der Waals surface area contributed by atoms with E-state index in [2.05, 4.69) is 15.0 Å². The lowest BCUT2D eigenvalue weighted by molar-refractivity contribution is 1.09. The molecule has 18 heavy (non-hydrogen) atoms. The number of hydrogen-bond donors (Lipinski definition) is 1. The van der Waals surface area contributed by atoms with Crippen LogP contribution in [0.3, 0.4) is 0 Å². The summed E-state index contributed by atoms with van der Waals surface area (Å²) in [5.41, 5.74) is 12.6. The summed E-state index contributed by atoms with van der Waals surface area (Å²) < 4.78 is 0. The molecule has 2 N–H and O–H groups in total. The van der Waals surface area contributed by atoms with Crippen molar-refractivity contribution in [2.45, 2.75) is 13.3 Å². The number of anilines is 1. The van der Waals surface area contributed by atoms with Crippen molar-refractivity contribution in [3.05, 3.63) is 46.0 Å². The van der Waals surface area contributed by atoms with Gasteiger partial charge in [-0.1, -0.05) is 0 Å². The smallest absolute Gasteiger partial charge is 0.124 e. The third kappa shape index (κ3) is 2.04. The Kier molecular flexibility index (Phi) is 2.68. The monoisotopic (exact) mass is 256 g/mol. The Bertz CT molecular complexity index is 692. The van der Waals surface area contributed by atoms with Gasteiger partial charge >= 0.3 is 0 Å². The molecule has 0 aliphatic heterocycles. The second-order valence-electron chi connectivity index (χ2n) is 4.23. The van der Waals surface area contributed by atoms with Crippen molar-refractivity contribution < 1.29 is 0 Å². The van der Waals surface area contributed by atoms with Gasteiger partial charge in [-0.25, -0.2) is 9.97 Å². The molecule has 90 valence electrons. The summed E-state index contributed by atoms with van der Waals surface area (Å²) in [6.45, 7) is 1.99. The summed E-state index contributed by atoms with van der Waals surface area (Å²) >= 11 is 1.60. The molecule has 0 bridgehead atoms. The molecule has 0 saturated heterocycles. The quantitative estimate of drug-likeness (QED) is 0.765. The van der Waals surface area contributed by atoms with E-state index in [-0.39, 0.29) is 0 Å². The molecule has 0 aliphatic rings. The molecule has 0 atom stereocenters. The Morgan fingerprint density at radius 3 is 2.94 bits per heavy atom. The maximum absolute atomic E-state index is 5.76. The van der Waals surface area contributed by atoms with Crippen molar-refractivity contribution >= 4 is 28.2 Å². The second-order valence-corrected chi connectivity index (χ2v) is 4.95. The van der Waals surface area contributed by atoms with Gasteiger partial charge in [-0.05, 0) is 30.2 Å². The van der Waals surface area contributed by atoms with E-state index in [0.717, 1.165) is 34.3 Å². The van der Waals surface area contributed by atoms with Crippen molar-refractivity contribution in [2.75, 3.05) is 5.73 Å². The normalized spacial score (nSPS) is 10.9. The van der Waals surface area contributed by atoms with Crippen LogP contribution in [0.5, 0.6) is 0 Å². The van der Waals surface area contributed by atoms with Gasteiger partial charge in [0.05, 0.1) is 22.2 Å². The number of nitrogens with two attached hydrogens (primary N) is 1. The van der Waals surface area contributed by atoms with Gasteiger partial charge in [0.1, 0.15) is 5.82 Å². The first kappa shape index (κ1) is 11.1. The van der Waals surface area contributed by atoms with Gasteiger partial charge in [0, 0.05) is 18.0 Å². The van der Waals surface area contributed by atoms with Crippen LogP contribution in [0, 0.1) is 6.92 Å². The van der Waals surface area contributed by atoms with Crippen LogP contribution in [-0.2, 0) is 6.42 Å². The van der Waals surface area contributed by atoms with Crippen LogP contribution in [0.1, 0.15) is 16.8 Å². The summed E-state index contributed by atoms with van der Waals surface area (Å²) in [6.07, 6.45) is 2.66. The lowest BCUT2D eigenvalue weighted by Crippen LogP contribution is -1.96. The Hall–Kier alpha value is -2.01. The van der Waals surface area contributed by atoms with E-state index < -0.39 is 0 Å². The minimum absolute atomic E-state index is 0.535. The van der Waals surface area contributed by atoms with E-state index in [1.165, 1.54) is 0 Å². The number of nitrogens with zero attached hydrogens (tertiary/aromatic N) is 3. The summed E-state index contributed by atoms with van der Waals surface area (Å²) in [5.74, 6) is 0.535. The van der Waals surface area contributed by atoms with Gasteiger partial charge in [0.15, 0.2) is 0 Å². The average Bonchev–Trinajstić information content (AvgIpc) is 2.81. The van der Waals surface area contributed by atoms with E-state index in [0.29, 0.717) is 5.82 Å². The van der Waals surface area contributed by atoms with Crippen LogP contribution in [-0.4, -0.2) is 15.0 Å². The molecule has 0 aliphatic carbocycles. The zero-order chi connectivity index (χ0) is 12.5. The number of hydrogen-bond acceptors (Lipinski definition) is 5. The first-order valence-corrected chi connectivity index (χ1v) is 6.55. The van der Waals surface area contributed by atoms with E-state index in [1.54, 1.807) is 11.3 Å². The van der Waals surface area contributed by atoms with Gasteiger partial charge in [-0.3, -0.25) is 4.98 Å². The maximum Gasteiger partial charge on any atom is 0.124 e. The maximum atomic E-state index is 5.76. The summed E-state index contributed by atoms with van der Waals surface area (Å²) in [5, 5.41) is 2.04. The van der Waals surface area contributed by atoms with Crippen molar-refractivity contribution in [2.24, 2.45) is 0 Å². The lowest BCUT2D eigenvalue weighted by Gasteiger charge is -2.04. The van der Waals surface area contributed by atoms with Crippen molar-refractivity contribution in [1.29, 1.82) is 0 Å². The highest BCUT2D eigenvalue weighted by Gasteiger charge is 2.05. The molecule has 3 heterocycles. The summed E-state index contributed by atoms with van der Waals surface area (Å²) in [4.78, 5) is 13.1. The molecule has 3 aromatic heterocycles. The predicted molar refractivity (Wildman–Crippen MR) is 73.6 cm³/mol. The zero-order valence-electron chi connectivity index (χ0n) is 9.92. The van der Waals surface area contributed by atoms with Crippen LogP contribution in [0.25, 0.3) is 11.0 Å². The molecule has 0 amide bonds. The highest BCUT2D eigenvalue weighted by molar-refractivity contribution is 7.07. The highest BCUT2D eigenvalue weighted by Crippen LogP contribution is 2.19. The van der Waals surface area contributed by atoms with E-state index in [4.69, 9.17) is 5.73 Å². The van der Waals surface area contributed by atoms with Crippen LogP contribution >= 0.6 is 11.3 Å². The number of rotatable bonds is 2. The van der Waals surface area contributed by atoms with Crippen molar-refractivity contribution in [1.82, 2.24) is 15.0 Å². The predicted octanol–water partition coefficient (Wildman–Crippen LogP) is 2.57. The molecule has 0 saturated carbocycles. The third-order valence-electron chi connectivity index (χ3n) is 2.78. The van der Waals surface area contributed by atoms with Gasteiger partial charge in [-0.15, -0.1) is 11.3 Å². The SMILES string of the molecule is Cc1cc(N)nc2cc(Cc3cscn3)cnc12. The Morgan fingerprint density at radius 1 is 1.28 bits per heavy atom. The van der Waals surface area contributed by atoms with E-state index >= 15 is 0 Å². The minimum Gasteiger partial charge on any atom is -0.384 e. The molecular formula is C13H12N4S. The van der Waals surface area contributed by atoms with E-state index in [9.17, 15) is 0 Å². The number of thiazole rings is 1. The molecule has 0 radical (unpaired) electrons. The number of aryl methyl sites for hydroxylation is 1. The molecular weight excluding hydrogens is 244 g/mol.